The van der Waals surface area contributed by atoms with Gasteiger partial charge in [-0.15, -0.1) is 0 Å². The summed E-state index contributed by atoms with van der Waals surface area (Å²) in [4.78, 5) is 11.8. The summed E-state index contributed by atoms with van der Waals surface area (Å²) in [5.74, 6) is -0.784. The summed E-state index contributed by atoms with van der Waals surface area (Å²) in [6.45, 7) is 1.69. The van der Waals surface area contributed by atoms with E-state index in [-0.39, 0.29) is 16.9 Å². The molecule has 0 saturated heterocycles. The Kier molecular flexibility index (Phi) is 3.06. The van der Waals surface area contributed by atoms with E-state index in [0.29, 0.717) is 5.56 Å². The first-order valence-electron chi connectivity index (χ1n) is 5.12. The van der Waals surface area contributed by atoms with Gasteiger partial charge in [0.2, 0.25) is 0 Å². The van der Waals surface area contributed by atoms with Crippen LogP contribution in [0.1, 0.15) is 21.5 Å². The van der Waals surface area contributed by atoms with Gasteiger partial charge < -0.3 is 5.32 Å². The van der Waals surface area contributed by atoms with E-state index >= 15 is 0 Å². The second-order valence-corrected chi connectivity index (χ2v) is 3.74. The molecule has 0 saturated carbocycles. The molecule has 0 spiro atoms. The van der Waals surface area contributed by atoms with Gasteiger partial charge in [-0.05, 0) is 30.7 Å². The Balaban J connectivity index is 2.25. The van der Waals surface area contributed by atoms with Gasteiger partial charge in [0, 0.05) is 5.56 Å². The molecule has 2 aromatic rings. The number of nitrogens with zero attached hydrogens (tertiary/aromatic N) is 2. The second kappa shape index (κ2) is 4.67. The highest BCUT2D eigenvalue weighted by molar-refractivity contribution is 6.04. The molecule has 0 radical (unpaired) electrons. The van der Waals surface area contributed by atoms with Crippen LogP contribution in [-0.2, 0) is 0 Å². The Morgan fingerprint density at radius 1 is 1.50 bits per heavy atom. The molecule has 0 aliphatic rings. The number of carbonyl (C=O) groups excluding carboxylic acids is 1. The fraction of sp³-hybridized carbons (Fsp3) is 0.0833. The maximum atomic E-state index is 13.2. The minimum absolute atomic E-state index is 0.186. The molecule has 0 aliphatic heterocycles. The number of rotatable bonds is 2. The third-order valence-electron chi connectivity index (χ3n) is 2.30. The van der Waals surface area contributed by atoms with Crippen LogP contribution >= 0.6 is 0 Å². The third-order valence-corrected chi connectivity index (χ3v) is 2.30. The van der Waals surface area contributed by atoms with E-state index in [1.807, 2.05) is 6.07 Å². The van der Waals surface area contributed by atoms with E-state index < -0.39 is 11.7 Å². The number of halogens is 1. The highest BCUT2D eigenvalue weighted by Gasteiger charge is 2.11. The van der Waals surface area contributed by atoms with Crippen molar-refractivity contribution in [1.82, 2.24) is 10.2 Å². The van der Waals surface area contributed by atoms with E-state index in [0.717, 1.165) is 6.07 Å². The maximum absolute atomic E-state index is 13.2. The topological polar surface area (TPSA) is 81.6 Å². The Labute approximate surface area is 102 Å². The summed E-state index contributed by atoms with van der Waals surface area (Å²) in [7, 11) is 0. The molecule has 0 fully saturated rings. The number of aromatic nitrogens is 2. The highest BCUT2D eigenvalue weighted by Crippen LogP contribution is 2.13. The number of anilines is 1. The summed E-state index contributed by atoms with van der Waals surface area (Å²) in [6, 6.07) is 5.89. The van der Waals surface area contributed by atoms with Gasteiger partial charge in [-0.25, -0.2) is 4.39 Å². The highest BCUT2D eigenvalue weighted by atomic mass is 19.1. The first kappa shape index (κ1) is 11.8. The Hall–Kier alpha value is -2.68. The molecule has 1 amide bonds. The van der Waals surface area contributed by atoms with Crippen LogP contribution in [0.25, 0.3) is 0 Å². The standard InChI is InChI=1S/C12H9FN4O/c1-7-2-8(4-10(13)3-7)12(18)16-11-9(5-14)6-15-17-11/h2-4,6H,1H3,(H2,15,16,17,18). The molecule has 1 heterocycles. The molecule has 1 aromatic carbocycles. The molecule has 1 aromatic heterocycles. The van der Waals surface area contributed by atoms with Gasteiger partial charge in [-0.3, -0.25) is 9.89 Å². The summed E-state index contributed by atoms with van der Waals surface area (Å²) in [6.07, 6.45) is 1.30. The van der Waals surface area contributed by atoms with Gasteiger partial charge >= 0.3 is 0 Å². The van der Waals surface area contributed by atoms with E-state index in [4.69, 9.17) is 5.26 Å². The second-order valence-electron chi connectivity index (χ2n) is 3.74. The predicted octanol–water partition coefficient (Wildman–Crippen LogP) is 1.98. The number of benzene rings is 1. The lowest BCUT2D eigenvalue weighted by Gasteiger charge is -2.04. The molecule has 0 unspecified atom stereocenters. The van der Waals surface area contributed by atoms with E-state index in [2.05, 4.69) is 15.5 Å². The molecule has 6 heteroatoms. The first-order chi connectivity index (χ1) is 8.60. The van der Waals surface area contributed by atoms with Crippen molar-refractivity contribution >= 4 is 11.7 Å². The number of carbonyl (C=O) groups is 1. The largest absolute Gasteiger partial charge is 0.306 e. The Morgan fingerprint density at radius 3 is 2.94 bits per heavy atom. The fourth-order valence-corrected chi connectivity index (χ4v) is 1.52. The molecule has 18 heavy (non-hydrogen) atoms. The number of aromatic amines is 1. The van der Waals surface area contributed by atoms with Crippen LogP contribution in [-0.4, -0.2) is 16.1 Å². The van der Waals surface area contributed by atoms with Crippen LogP contribution in [0.3, 0.4) is 0 Å². The molecule has 0 atom stereocenters. The SMILES string of the molecule is Cc1cc(F)cc(C(=O)Nc2[nH]ncc2C#N)c1. The first-order valence-corrected chi connectivity index (χ1v) is 5.12. The quantitative estimate of drug-likeness (QED) is 0.847. The van der Waals surface area contributed by atoms with Crippen molar-refractivity contribution in [2.45, 2.75) is 6.92 Å². The lowest BCUT2D eigenvalue weighted by atomic mass is 10.1. The number of nitriles is 1. The zero-order valence-corrected chi connectivity index (χ0v) is 9.49. The van der Waals surface area contributed by atoms with Crippen LogP contribution in [0.15, 0.2) is 24.4 Å². The van der Waals surface area contributed by atoms with Gasteiger partial charge in [0.1, 0.15) is 23.3 Å². The maximum Gasteiger partial charge on any atom is 0.256 e. The van der Waals surface area contributed by atoms with Gasteiger partial charge in [-0.2, -0.15) is 10.4 Å². The van der Waals surface area contributed by atoms with Crippen molar-refractivity contribution in [3.63, 3.8) is 0 Å². The van der Waals surface area contributed by atoms with Crippen molar-refractivity contribution < 1.29 is 9.18 Å². The summed E-state index contributed by atoms with van der Waals surface area (Å²) in [5.41, 5.74) is 1.05. The molecular weight excluding hydrogens is 235 g/mol. The van der Waals surface area contributed by atoms with Crippen molar-refractivity contribution in [3.8, 4) is 6.07 Å². The smallest absolute Gasteiger partial charge is 0.256 e. The Morgan fingerprint density at radius 2 is 2.28 bits per heavy atom. The minimum Gasteiger partial charge on any atom is -0.306 e. The normalized spacial score (nSPS) is 9.83. The number of nitrogens with one attached hydrogen (secondary N) is 2. The number of hydrogen-bond donors (Lipinski definition) is 2. The van der Waals surface area contributed by atoms with E-state index in [1.165, 1.54) is 12.3 Å². The van der Waals surface area contributed by atoms with Crippen molar-refractivity contribution in [2.75, 3.05) is 5.32 Å². The Bertz CT molecular complexity index is 622. The molecule has 5 nitrogen and oxygen atoms in total. The zero-order chi connectivity index (χ0) is 13.1. The third kappa shape index (κ3) is 2.35. The minimum atomic E-state index is -0.502. The number of amides is 1. The average Bonchev–Trinajstić information content (AvgIpc) is 2.75. The van der Waals surface area contributed by atoms with E-state index in [9.17, 15) is 9.18 Å². The molecule has 2 rings (SSSR count). The number of aryl methyl sites for hydroxylation is 1. The van der Waals surface area contributed by atoms with E-state index in [1.54, 1.807) is 13.0 Å². The zero-order valence-electron chi connectivity index (χ0n) is 9.49. The monoisotopic (exact) mass is 244 g/mol. The van der Waals surface area contributed by atoms with Crippen LogP contribution in [0.4, 0.5) is 10.2 Å². The van der Waals surface area contributed by atoms with Crippen molar-refractivity contribution in [3.05, 3.63) is 46.9 Å². The lowest BCUT2D eigenvalue weighted by Crippen LogP contribution is -2.13. The van der Waals surface area contributed by atoms with Crippen LogP contribution in [0.2, 0.25) is 0 Å². The van der Waals surface area contributed by atoms with Gasteiger partial charge in [0.05, 0.1) is 6.20 Å². The molecule has 0 bridgehead atoms. The van der Waals surface area contributed by atoms with Gasteiger partial charge in [-0.1, -0.05) is 0 Å². The predicted molar refractivity (Wildman–Crippen MR) is 62.4 cm³/mol. The summed E-state index contributed by atoms with van der Waals surface area (Å²) in [5, 5.41) is 17.4. The molecule has 90 valence electrons. The molecule has 0 aliphatic carbocycles. The van der Waals surface area contributed by atoms with Crippen molar-refractivity contribution in [1.29, 1.82) is 5.26 Å². The summed E-state index contributed by atoms with van der Waals surface area (Å²) >= 11 is 0. The van der Waals surface area contributed by atoms with Gasteiger partial charge in [0.25, 0.3) is 5.91 Å². The lowest BCUT2D eigenvalue weighted by molar-refractivity contribution is 0.102. The average molecular weight is 244 g/mol. The molecule has 2 N–H and O–H groups in total. The number of hydrogen-bond acceptors (Lipinski definition) is 3. The molecular formula is C12H9FN4O. The summed E-state index contributed by atoms with van der Waals surface area (Å²) < 4.78 is 13.2. The van der Waals surface area contributed by atoms with Crippen molar-refractivity contribution in [2.24, 2.45) is 0 Å². The van der Waals surface area contributed by atoms with Gasteiger partial charge in [0.15, 0.2) is 0 Å². The van der Waals surface area contributed by atoms with Crippen LogP contribution < -0.4 is 5.32 Å². The van der Waals surface area contributed by atoms with Crippen LogP contribution in [0, 0.1) is 24.1 Å². The van der Waals surface area contributed by atoms with Crippen LogP contribution in [0.5, 0.6) is 0 Å². The fourth-order valence-electron chi connectivity index (χ4n) is 1.52. The number of H-pyrrole nitrogens is 1.